The van der Waals surface area contributed by atoms with Crippen LogP contribution in [0, 0.1) is 6.92 Å². The number of nitrogens with zero attached hydrogens (tertiary/aromatic N) is 2. The van der Waals surface area contributed by atoms with E-state index in [1.54, 1.807) is 37.7 Å². The molecule has 2 aromatic carbocycles. The maximum absolute atomic E-state index is 13.0. The lowest BCUT2D eigenvalue weighted by atomic mass is 10.1. The Hall–Kier alpha value is -2.58. The fourth-order valence-electron chi connectivity index (χ4n) is 3.78. The standard InChI is InChI=1S/C23H26N2O4S2/c1-16-4-6-20(7-5-16)31(26,27)21-8-10-25(11-9-21)23-24-22(15-30-23)17-12-18(28-2)14-19(13-17)29-3/h4-7,12-15,21H,8-11H2,1-3H3. The van der Waals surface area contributed by atoms with E-state index in [1.807, 2.05) is 42.6 Å². The van der Waals surface area contributed by atoms with Gasteiger partial charge in [-0.1, -0.05) is 17.7 Å². The summed E-state index contributed by atoms with van der Waals surface area (Å²) in [5, 5.41) is 2.56. The van der Waals surface area contributed by atoms with E-state index in [0.29, 0.717) is 42.3 Å². The van der Waals surface area contributed by atoms with Crippen LogP contribution in [0.2, 0.25) is 0 Å². The second-order valence-electron chi connectivity index (χ2n) is 7.66. The molecule has 1 aliphatic heterocycles. The van der Waals surface area contributed by atoms with E-state index in [0.717, 1.165) is 22.0 Å². The van der Waals surface area contributed by atoms with Gasteiger partial charge in [0.15, 0.2) is 15.0 Å². The number of aromatic nitrogens is 1. The van der Waals surface area contributed by atoms with E-state index in [-0.39, 0.29) is 5.25 Å². The van der Waals surface area contributed by atoms with Crippen molar-refractivity contribution in [3.63, 3.8) is 0 Å². The van der Waals surface area contributed by atoms with Crippen molar-refractivity contribution in [1.82, 2.24) is 4.98 Å². The van der Waals surface area contributed by atoms with Gasteiger partial charge in [-0.3, -0.25) is 0 Å². The molecular formula is C23H26N2O4S2. The van der Waals surface area contributed by atoms with E-state index in [2.05, 4.69) is 4.90 Å². The number of aryl methyl sites for hydroxylation is 1. The van der Waals surface area contributed by atoms with Crippen LogP contribution >= 0.6 is 11.3 Å². The first-order chi connectivity index (χ1) is 14.9. The van der Waals surface area contributed by atoms with E-state index in [1.165, 1.54) is 0 Å². The number of piperidine rings is 1. The minimum Gasteiger partial charge on any atom is -0.497 e. The molecule has 0 atom stereocenters. The number of anilines is 1. The van der Waals surface area contributed by atoms with Crippen molar-refractivity contribution in [1.29, 1.82) is 0 Å². The lowest BCUT2D eigenvalue weighted by Crippen LogP contribution is -2.39. The van der Waals surface area contributed by atoms with Crippen molar-refractivity contribution in [2.45, 2.75) is 29.9 Å². The number of methoxy groups -OCH3 is 2. The Morgan fingerprint density at radius 1 is 1.00 bits per heavy atom. The summed E-state index contributed by atoms with van der Waals surface area (Å²) in [4.78, 5) is 7.38. The largest absolute Gasteiger partial charge is 0.497 e. The quantitative estimate of drug-likeness (QED) is 0.539. The first-order valence-electron chi connectivity index (χ1n) is 10.1. The van der Waals surface area contributed by atoms with Crippen LogP contribution in [-0.2, 0) is 9.84 Å². The van der Waals surface area contributed by atoms with Crippen LogP contribution in [0.4, 0.5) is 5.13 Å². The molecule has 0 amide bonds. The monoisotopic (exact) mass is 458 g/mol. The molecule has 1 aliphatic rings. The van der Waals surface area contributed by atoms with Crippen LogP contribution in [0.1, 0.15) is 18.4 Å². The normalized spacial score (nSPS) is 15.1. The lowest BCUT2D eigenvalue weighted by Gasteiger charge is -2.31. The molecule has 2 heterocycles. The Morgan fingerprint density at radius 3 is 2.19 bits per heavy atom. The van der Waals surface area contributed by atoms with Crippen molar-refractivity contribution in [3.8, 4) is 22.8 Å². The number of hydrogen-bond acceptors (Lipinski definition) is 7. The van der Waals surface area contributed by atoms with Gasteiger partial charge in [-0.15, -0.1) is 11.3 Å². The lowest BCUT2D eigenvalue weighted by molar-refractivity contribution is 0.394. The van der Waals surface area contributed by atoms with Crippen LogP contribution in [0.15, 0.2) is 52.7 Å². The van der Waals surface area contributed by atoms with Gasteiger partial charge in [0.2, 0.25) is 0 Å². The van der Waals surface area contributed by atoms with Gasteiger partial charge in [-0.25, -0.2) is 13.4 Å². The van der Waals surface area contributed by atoms with Gasteiger partial charge in [0.1, 0.15) is 11.5 Å². The minimum absolute atomic E-state index is 0.353. The minimum atomic E-state index is -3.31. The Kier molecular flexibility index (Phi) is 6.20. The summed E-state index contributed by atoms with van der Waals surface area (Å²) < 4.78 is 36.7. The molecule has 0 N–H and O–H groups in total. The van der Waals surface area contributed by atoms with Crippen LogP contribution in [0.5, 0.6) is 11.5 Å². The van der Waals surface area contributed by atoms with Crippen molar-refractivity contribution >= 4 is 26.3 Å². The summed E-state index contributed by atoms with van der Waals surface area (Å²) >= 11 is 1.57. The van der Waals surface area contributed by atoms with Gasteiger partial charge in [-0.05, 0) is 44.0 Å². The van der Waals surface area contributed by atoms with Crippen molar-refractivity contribution in [2.75, 3.05) is 32.2 Å². The average molecular weight is 459 g/mol. The average Bonchev–Trinajstić information content (AvgIpc) is 3.29. The highest BCUT2D eigenvalue weighted by Gasteiger charge is 2.32. The predicted octanol–water partition coefficient (Wildman–Crippen LogP) is 4.58. The van der Waals surface area contributed by atoms with Gasteiger partial charge in [0.05, 0.1) is 30.1 Å². The first kappa shape index (κ1) is 21.6. The third-order valence-corrected chi connectivity index (χ3v) is 8.82. The molecule has 31 heavy (non-hydrogen) atoms. The van der Waals surface area contributed by atoms with Gasteiger partial charge in [0, 0.05) is 30.1 Å². The molecule has 1 fully saturated rings. The Morgan fingerprint density at radius 2 is 1.61 bits per heavy atom. The number of benzene rings is 2. The SMILES string of the molecule is COc1cc(OC)cc(-c2csc(N3CCC(S(=O)(=O)c4ccc(C)cc4)CC3)n2)c1. The highest BCUT2D eigenvalue weighted by Crippen LogP contribution is 2.34. The molecule has 0 unspecified atom stereocenters. The predicted molar refractivity (Wildman–Crippen MR) is 124 cm³/mol. The second kappa shape index (κ2) is 8.88. The summed E-state index contributed by atoms with van der Waals surface area (Å²) in [6, 6.07) is 12.8. The maximum atomic E-state index is 13.0. The molecular weight excluding hydrogens is 432 g/mol. The van der Waals surface area contributed by atoms with Crippen LogP contribution in [0.25, 0.3) is 11.3 Å². The molecule has 8 heteroatoms. The van der Waals surface area contributed by atoms with E-state index >= 15 is 0 Å². The van der Waals surface area contributed by atoms with Crippen LogP contribution < -0.4 is 14.4 Å². The Bertz CT molecular complexity index is 1130. The second-order valence-corrected chi connectivity index (χ2v) is 10.7. The first-order valence-corrected chi connectivity index (χ1v) is 12.6. The van der Waals surface area contributed by atoms with Crippen LogP contribution in [0.3, 0.4) is 0 Å². The molecule has 3 aromatic rings. The van der Waals surface area contributed by atoms with Crippen LogP contribution in [-0.4, -0.2) is 46.0 Å². The zero-order valence-electron chi connectivity index (χ0n) is 17.9. The summed E-state index contributed by atoms with van der Waals surface area (Å²) in [6.07, 6.45) is 1.19. The number of hydrogen-bond donors (Lipinski definition) is 0. The smallest absolute Gasteiger partial charge is 0.185 e. The summed E-state index contributed by atoms with van der Waals surface area (Å²) in [6.45, 7) is 3.30. The topological polar surface area (TPSA) is 68.7 Å². The van der Waals surface area contributed by atoms with E-state index < -0.39 is 9.84 Å². The highest BCUT2D eigenvalue weighted by molar-refractivity contribution is 7.92. The highest BCUT2D eigenvalue weighted by atomic mass is 32.2. The van der Waals surface area contributed by atoms with Crippen molar-refractivity contribution < 1.29 is 17.9 Å². The molecule has 4 rings (SSSR count). The molecule has 6 nitrogen and oxygen atoms in total. The van der Waals surface area contributed by atoms with Gasteiger partial charge in [0.25, 0.3) is 0 Å². The zero-order valence-corrected chi connectivity index (χ0v) is 19.5. The summed E-state index contributed by atoms with van der Waals surface area (Å²) in [5.74, 6) is 1.43. The number of sulfone groups is 1. The Labute approximate surface area is 187 Å². The zero-order chi connectivity index (χ0) is 22.0. The molecule has 164 valence electrons. The van der Waals surface area contributed by atoms with Gasteiger partial charge in [-0.2, -0.15) is 0 Å². The number of rotatable bonds is 6. The van der Waals surface area contributed by atoms with E-state index in [9.17, 15) is 8.42 Å². The number of ether oxygens (including phenoxy) is 2. The number of thiazole rings is 1. The van der Waals surface area contributed by atoms with E-state index in [4.69, 9.17) is 14.5 Å². The summed E-state index contributed by atoms with van der Waals surface area (Å²) in [5.41, 5.74) is 2.84. The molecule has 0 radical (unpaired) electrons. The maximum Gasteiger partial charge on any atom is 0.185 e. The fraction of sp³-hybridized carbons (Fsp3) is 0.348. The van der Waals surface area contributed by atoms with Crippen molar-refractivity contribution in [2.24, 2.45) is 0 Å². The molecule has 0 bridgehead atoms. The Balaban J connectivity index is 1.47. The summed E-state index contributed by atoms with van der Waals surface area (Å²) in [7, 11) is -0.0594. The molecule has 0 spiro atoms. The van der Waals surface area contributed by atoms with Gasteiger partial charge < -0.3 is 14.4 Å². The molecule has 0 saturated carbocycles. The van der Waals surface area contributed by atoms with Gasteiger partial charge >= 0.3 is 0 Å². The molecule has 1 aromatic heterocycles. The third-order valence-electron chi connectivity index (χ3n) is 5.64. The van der Waals surface area contributed by atoms with Crippen molar-refractivity contribution in [3.05, 3.63) is 53.4 Å². The third kappa shape index (κ3) is 4.55. The fourth-order valence-corrected chi connectivity index (χ4v) is 6.40. The molecule has 1 saturated heterocycles. The molecule has 0 aliphatic carbocycles.